The number of thioether (sulfide) groups is 1. The minimum Gasteiger partial charge on any atom is -0.483 e. The Morgan fingerprint density at radius 2 is 2.09 bits per heavy atom. The molecule has 0 aliphatic rings. The van der Waals surface area contributed by atoms with Gasteiger partial charge in [0.1, 0.15) is 10.6 Å². The normalized spacial score (nSPS) is 11.7. The van der Waals surface area contributed by atoms with Crippen molar-refractivity contribution in [3.63, 3.8) is 0 Å². The van der Waals surface area contributed by atoms with E-state index in [9.17, 15) is 9.59 Å². The molecule has 1 N–H and O–H groups in total. The number of ether oxygens (including phenoxy) is 1. The number of aryl methyl sites for hydroxylation is 2. The van der Waals surface area contributed by atoms with Gasteiger partial charge in [0.05, 0.1) is 11.4 Å². The van der Waals surface area contributed by atoms with E-state index in [2.05, 4.69) is 27.1 Å². The van der Waals surface area contributed by atoms with Gasteiger partial charge in [-0.05, 0) is 38.5 Å². The van der Waals surface area contributed by atoms with Gasteiger partial charge < -0.3 is 15.0 Å². The molecule has 180 valence electrons. The van der Waals surface area contributed by atoms with E-state index in [0.29, 0.717) is 33.2 Å². The number of anilines is 1. The van der Waals surface area contributed by atoms with Crippen molar-refractivity contribution >= 4 is 40.0 Å². The topological polar surface area (TPSA) is 102 Å². The number of hydrogen-bond acceptors (Lipinski definition) is 8. The number of aromatic nitrogens is 4. The largest absolute Gasteiger partial charge is 0.483 e. The van der Waals surface area contributed by atoms with E-state index in [1.165, 1.54) is 16.7 Å². The first-order chi connectivity index (χ1) is 16.2. The molecule has 2 heterocycles. The molecule has 11 heteroatoms. The Morgan fingerprint density at radius 3 is 2.76 bits per heavy atom. The summed E-state index contributed by atoms with van der Waals surface area (Å²) in [5, 5.41) is 12.3. The standard InChI is InChI=1S/C23H28N6O3S2/c1-7-11-29-20(16(4)32-17-10-8-9-14(2)12-17)26-27-23(29)33-13-18(30)25-22-24-15(3)19(34-22)21(31)28(5)6/h7-10,12,16H,1,11,13H2,2-6H3,(H,24,25,30). The van der Waals surface area contributed by atoms with Gasteiger partial charge in [-0.15, -0.1) is 16.8 Å². The van der Waals surface area contributed by atoms with E-state index in [4.69, 9.17) is 4.74 Å². The van der Waals surface area contributed by atoms with Crippen LogP contribution in [0.3, 0.4) is 0 Å². The van der Waals surface area contributed by atoms with E-state index in [0.717, 1.165) is 22.6 Å². The van der Waals surface area contributed by atoms with Crippen molar-refractivity contribution in [3.05, 3.63) is 58.9 Å². The third-order valence-corrected chi connectivity index (χ3v) is 6.73. The lowest BCUT2D eigenvalue weighted by atomic mass is 10.2. The van der Waals surface area contributed by atoms with E-state index < -0.39 is 0 Å². The number of allylic oxidation sites excluding steroid dienone is 1. The molecule has 0 aliphatic carbocycles. The lowest BCUT2D eigenvalue weighted by Crippen LogP contribution is -2.21. The Bertz CT molecular complexity index is 1190. The van der Waals surface area contributed by atoms with Crippen LogP contribution in [0.15, 0.2) is 42.1 Å². The molecule has 34 heavy (non-hydrogen) atoms. The van der Waals surface area contributed by atoms with Gasteiger partial charge in [0.25, 0.3) is 5.91 Å². The lowest BCUT2D eigenvalue weighted by Gasteiger charge is -2.16. The summed E-state index contributed by atoms with van der Waals surface area (Å²) in [7, 11) is 3.35. The quantitative estimate of drug-likeness (QED) is 0.330. The van der Waals surface area contributed by atoms with Crippen LogP contribution < -0.4 is 10.1 Å². The van der Waals surface area contributed by atoms with Crippen LogP contribution in [0.2, 0.25) is 0 Å². The fourth-order valence-corrected chi connectivity index (χ4v) is 4.85. The first kappa shape index (κ1) is 25.4. The summed E-state index contributed by atoms with van der Waals surface area (Å²) in [6.07, 6.45) is 1.40. The molecule has 1 unspecified atom stereocenters. The smallest absolute Gasteiger partial charge is 0.265 e. The Morgan fingerprint density at radius 1 is 1.32 bits per heavy atom. The minimum atomic E-state index is -0.344. The minimum absolute atomic E-state index is 0.109. The molecule has 0 bridgehead atoms. The molecule has 9 nitrogen and oxygen atoms in total. The van der Waals surface area contributed by atoms with Crippen molar-refractivity contribution < 1.29 is 14.3 Å². The average Bonchev–Trinajstić information content (AvgIpc) is 3.34. The van der Waals surface area contributed by atoms with Crippen LogP contribution in [0.25, 0.3) is 0 Å². The molecule has 2 amide bonds. The SMILES string of the molecule is C=CCn1c(SCC(=O)Nc2nc(C)c(C(=O)N(C)C)s2)nnc1C(C)Oc1cccc(C)c1. The number of amides is 2. The van der Waals surface area contributed by atoms with Crippen LogP contribution in [0.4, 0.5) is 5.13 Å². The zero-order valence-corrected chi connectivity index (χ0v) is 21.5. The summed E-state index contributed by atoms with van der Waals surface area (Å²) in [6.45, 7) is 9.96. The van der Waals surface area contributed by atoms with Gasteiger partial charge in [0, 0.05) is 20.6 Å². The molecule has 0 aliphatic heterocycles. The van der Waals surface area contributed by atoms with Crippen LogP contribution in [-0.4, -0.2) is 56.3 Å². The fourth-order valence-electron chi connectivity index (χ4n) is 3.09. The second kappa shape index (κ2) is 11.3. The third-order valence-electron chi connectivity index (χ3n) is 4.70. The van der Waals surface area contributed by atoms with Crippen LogP contribution >= 0.6 is 23.1 Å². The first-order valence-corrected chi connectivity index (χ1v) is 12.4. The zero-order chi connectivity index (χ0) is 24.8. The van der Waals surface area contributed by atoms with E-state index in [-0.39, 0.29) is 23.7 Å². The summed E-state index contributed by atoms with van der Waals surface area (Å²) >= 11 is 2.42. The van der Waals surface area contributed by atoms with Crippen LogP contribution in [-0.2, 0) is 11.3 Å². The predicted octanol–water partition coefficient (Wildman–Crippen LogP) is 4.11. The molecule has 3 aromatic rings. The summed E-state index contributed by atoms with van der Waals surface area (Å²) in [5.41, 5.74) is 1.69. The summed E-state index contributed by atoms with van der Waals surface area (Å²) in [5.74, 6) is 1.11. The molecule has 1 aromatic carbocycles. The van der Waals surface area contributed by atoms with Crippen molar-refractivity contribution in [2.75, 3.05) is 25.2 Å². The lowest BCUT2D eigenvalue weighted by molar-refractivity contribution is -0.113. The van der Waals surface area contributed by atoms with Gasteiger partial charge in [0.15, 0.2) is 22.2 Å². The van der Waals surface area contributed by atoms with Crippen molar-refractivity contribution in [3.8, 4) is 5.75 Å². The highest BCUT2D eigenvalue weighted by Crippen LogP contribution is 2.26. The Labute approximate surface area is 207 Å². The number of rotatable bonds is 10. The second-order valence-corrected chi connectivity index (χ2v) is 9.73. The molecular weight excluding hydrogens is 472 g/mol. The van der Waals surface area contributed by atoms with Crippen molar-refractivity contribution in [2.45, 2.75) is 38.6 Å². The Kier molecular flexibility index (Phi) is 8.46. The molecular formula is C23H28N6O3S2. The maximum atomic E-state index is 12.5. The van der Waals surface area contributed by atoms with E-state index in [1.54, 1.807) is 27.1 Å². The average molecular weight is 501 g/mol. The maximum absolute atomic E-state index is 12.5. The van der Waals surface area contributed by atoms with Gasteiger partial charge in [-0.2, -0.15) is 0 Å². The van der Waals surface area contributed by atoms with E-state index in [1.807, 2.05) is 42.7 Å². The molecule has 0 spiro atoms. The monoisotopic (exact) mass is 500 g/mol. The Hall–Kier alpha value is -3.18. The number of hydrogen-bond donors (Lipinski definition) is 1. The van der Waals surface area contributed by atoms with E-state index >= 15 is 0 Å². The number of nitrogens with zero attached hydrogens (tertiary/aromatic N) is 5. The zero-order valence-electron chi connectivity index (χ0n) is 19.9. The van der Waals surface area contributed by atoms with Crippen LogP contribution in [0.5, 0.6) is 5.75 Å². The van der Waals surface area contributed by atoms with Crippen molar-refractivity contribution in [2.24, 2.45) is 0 Å². The highest BCUT2D eigenvalue weighted by atomic mass is 32.2. The summed E-state index contributed by atoms with van der Waals surface area (Å²) in [4.78, 5) is 31.0. The molecule has 3 rings (SSSR count). The number of thiazole rings is 1. The van der Waals surface area contributed by atoms with Crippen molar-refractivity contribution in [1.29, 1.82) is 0 Å². The molecule has 2 aromatic heterocycles. The fraction of sp³-hybridized carbons (Fsp3) is 0.348. The van der Waals surface area contributed by atoms with Crippen LogP contribution in [0, 0.1) is 13.8 Å². The Balaban J connectivity index is 1.66. The maximum Gasteiger partial charge on any atom is 0.265 e. The molecule has 0 fully saturated rings. The highest BCUT2D eigenvalue weighted by molar-refractivity contribution is 7.99. The summed E-state index contributed by atoms with van der Waals surface area (Å²) in [6, 6.07) is 7.80. The first-order valence-electron chi connectivity index (χ1n) is 10.6. The molecule has 0 saturated carbocycles. The highest BCUT2D eigenvalue weighted by Gasteiger charge is 2.21. The number of benzene rings is 1. The van der Waals surface area contributed by atoms with Gasteiger partial charge in [0.2, 0.25) is 5.91 Å². The second-order valence-electron chi connectivity index (χ2n) is 7.79. The van der Waals surface area contributed by atoms with Crippen LogP contribution in [0.1, 0.15) is 39.8 Å². The molecule has 1 atom stereocenters. The molecule has 0 radical (unpaired) electrons. The van der Waals surface area contributed by atoms with Gasteiger partial charge in [-0.1, -0.05) is 41.3 Å². The van der Waals surface area contributed by atoms with Gasteiger partial charge in [-0.25, -0.2) is 4.98 Å². The third kappa shape index (κ3) is 6.23. The predicted molar refractivity (Wildman–Crippen MR) is 135 cm³/mol. The van der Waals surface area contributed by atoms with Gasteiger partial charge >= 0.3 is 0 Å². The number of carbonyl (C=O) groups is 2. The van der Waals surface area contributed by atoms with Crippen molar-refractivity contribution in [1.82, 2.24) is 24.6 Å². The molecule has 0 saturated heterocycles. The number of nitrogens with one attached hydrogen (secondary N) is 1. The number of carbonyl (C=O) groups excluding carboxylic acids is 2. The van der Waals surface area contributed by atoms with Gasteiger partial charge in [-0.3, -0.25) is 14.2 Å². The summed E-state index contributed by atoms with van der Waals surface area (Å²) < 4.78 is 7.93.